The Kier molecular flexibility index (Phi) is 5.09. The van der Waals surface area contributed by atoms with Crippen molar-refractivity contribution in [1.29, 1.82) is 0 Å². The Bertz CT molecular complexity index is 1360. The van der Waals surface area contributed by atoms with Crippen LogP contribution in [0.3, 0.4) is 0 Å². The molecule has 8 nitrogen and oxygen atoms in total. The maximum atomic E-state index is 12.5. The number of anilines is 1. The monoisotopic (exact) mass is 424 g/mol. The number of rotatable bonds is 6. The molecule has 0 saturated heterocycles. The second-order valence-electron chi connectivity index (χ2n) is 7.30. The average Bonchev–Trinajstić information content (AvgIpc) is 3.49. The predicted octanol–water partition coefficient (Wildman–Crippen LogP) is 4.05. The molecule has 0 saturated carbocycles. The summed E-state index contributed by atoms with van der Waals surface area (Å²) in [6.07, 6.45) is 10.7. The molecular weight excluding hydrogens is 404 g/mol. The third kappa shape index (κ3) is 4.06. The summed E-state index contributed by atoms with van der Waals surface area (Å²) in [7, 11) is 0. The average molecular weight is 424 g/mol. The molecule has 8 heteroatoms. The van der Waals surface area contributed by atoms with Gasteiger partial charge >= 0.3 is 0 Å². The largest absolute Gasteiger partial charge is 0.487 e. The normalized spacial score (nSPS) is 10.9. The van der Waals surface area contributed by atoms with Gasteiger partial charge in [-0.05, 0) is 55.0 Å². The highest BCUT2D eigenvalue weighted by atomic mass is 16.5. The fourth-order valence-corrected chi connectivity index (χ4v) is 3.34. The van der Waals surface area contributed by atoms with E-state index in [-0.39, 0.29) is 5.91 Å². The van der Waals surface area contributed by atoms with Gasteiger partial charge in [0.15, 0.2) is 0 Å². The van der Waals surface area contributed by atoms with Crippen LogP contribution in [-0.2, 0) is 6.61 Å². The summed E-state index contributed by atoms with van der Waals surface area (Å²) in [5, 5.41) is 2.85. The Morgan fingerprint density at radius 3 is 2.69 bits per heavy atom. The summed E-state index contributed by atoms with van der Waals surface area (Å²) in [5.41, 5.74) is 4.01. The van der Waals surface area contributed by atoms with Gasteiger partial charge in [0.05, 0.1) is 17.6 Å². The van der Waals surface area contributed by atoms with E-state index in [2.05, 4.69) is 20.3 Å². The van der Waals surface area contributed by atoms with Crippen molar-refractivity contribution in [2.45, 2.75) is 13.5 Å². The molecule has 0 aliphatic rings. The minimum atomic E-state index is -0.218. The quantitative estimate of drug-likeness (QED) is 0.444. The second kappa shape index (κ2) is 8.35. The first kappa shape index (κ1) is 19.5. The van der Waals surface area contributed by atoms with E-state index in [1.54, 1.807) is 59.8 Å². The van der Waals surface area contributed by atoms with Crippen LogP contribution < -0.4 is 10.1 Å². The molecule has 0 bridgehead atoms. The van der Waals surface area contributed by atoms with E-state index in [4.69, 9.17) is 4.74 Å². The Hall–Kier alpha value is -4.46. The molecule has 1 aromatic carbocycles. The first-order valence-corrected chi connectivity index (χ1v) is 10.1. The van der Waals surface area contributed by atoms with E-state index < -0.39 is 0 Å². The summed E-state index contributed by atoms with van der Waals surface area (Å²) in [4.78, 5) is 25.5. The van der Waals surface area contributed by atoms with Gasteiger partial charge in [-0.25, -0.2) is 15.0 Å². The van der Waals surface area contributed by atoms with E-state index in [0.717, 1.165) is 22.7 Å². The second-order valence-corrected chi connectivity index (χ2v) is 7.30. The maximum Gasteiger partial charge on any atom is 0.255 e. The van der Waals surface area contributed by atoms with Crippen LogP contribution in [0.15, 0.2) is 85.8 Å². The van der Waals surface area contributed by atoms with E-state index >= 15 is 0 Å². The minimum absolute atomic E-state index is 0.218. The molecule has 0 radical (unpaired) electrons. The Morgan fingerprint density at radius 1 is 1.09 bits per heavy atom. The number of benzene rings is 1. The van der Waals surface area contributed by atoms with Crippen molar-refractivity contribution in [3.05, 3.63) is 103 Å². The van der Waals surface area contributed by atoms with Gasteiger partial charge in [0.2, 0.25) is 0 Å². The van der Waals surface area contributed by atoms with E-state index in [1.807, 2.05) is 41.9 Å². The summed E-state index contributed by atoms with van der Waals surface area (Å²) >= 11 is 0. The zero-order valence-corrected chi connectivity index (χ0v) is 17.3. The zero-order valence-electron chi connectivity index (χ0n) is 17.3. The van der Waals surface area contributed by atoms with Gasteiger partial charge in [-0.15, -0.1) is 0 Å². The van der Waals surface area contributed by atoms with Crippen molar-refractivity contribution in [3.63, 3.8) is 0 Å². The van der Waals surface area contributed by atoms with Gasteiger partial charge in [-0.1, -0.05) is 6.07 Å². The number of aromatic nitrogens is 5. The lowest BCUT2D eigenvalue weighted by atomic mass is 10.2. The number of ether oxygens (including phenoxy) is 1. The smallest absolute Gasteiger partial charge is 0.255 e. The number of imidazole rings is 2. The van der Waals surface area contributed by atoms with Crippen LogP contribution in [0, 0.1) is 6.92 Å². The molecule has 158 valence electrons. The molecule has 4 heterocycles. The van der Waals surface area contributed by atoms with Crippen LogP contribution in [0.25, 0.3) is 11.5 Å². The molecular formula is C24H20N6O2. The molecule has 0 atom stereocenters. The molecule has 5 aromatic rings. The highest BCUT2D eigenvalue weighted by molar-refractivity contribution is 6.04. The standard InChI is InChI=1S/C24H20N6O2/c1-17-3-2-11-29-14-20(27-23(17)29)15-32-21-7-4-18(5-8-21)24(31)28-19-6-9-22(26-13-19)30-12-10-25-16-30/h2-14,16H,15H2,1H3,(H,28,31). The predicted molar refractivity (Wildman–Crippen MR) is 120 cm³/mol. The fourth-order valence-electron chi connectivity index (χ4n) is 3.34. The number of nitrogens with zero attached hydrogens (tertiary/aromatic N) is 5. The lowest BCUT2D eigenvalue weighted by molar-refractivity contribution is 0.102. The SMILES string of the molecule is Cc1cccn2cc(COc3ccc(C(=O)Nc4ccc(-n5ccnc5)nc4)cc3)nc12. The number of amides is 1. The number of hydrogen-bond acceptors (Lipinski definition) is 5. The van der Waals surface area contributed by atoms with Gasteiger partial charge in [0.25, 0.3) is 5.91 Å². The highest BCUT2D eigenvalue weighted by Crippen LogP contribution is 2.17. The summed E-state index contributed by atoms with van der Waals surface area (Å²) in [5.74, 6) is 1.18. The summed E-state index contributed by atoms with van der Waals surface area (Å²) < 4.78 is 9.61. The molecule has 0 spiro atoms. The van der Waals surface area contributed by atoms with Crippen molar-refractivity contribution >= 4 is 17.2 Å². The molecule has 5 rings (SSSR count). The van der Waals surface area contributed by atoms with Crippen LogP contribution in [0.2, 0.25) is 0 Å². The van der Waals surface area contributed by atoms with Crippen LogP contribution >= 0.6 is 0 Å². The zero-order chi connectivity index (χ0) is 21.9. The fraction of sp³-hybridized carbons (Fsp3) is 0.0833. The molecule has 0 aliphatic heterocycles. The Balaban J connectivity index is 1.20. The number of nitrogens with one attached hydrogen (secondary N) is 1. The number of aryl methyl sites for hydroxylation is 1. The molecule has 0 aliphatic carbocycles. The maximum absolute atomic E-state index is 12.5. The van der Waals surface area contributed by atoms with Crippen LogP contribution in [0.4, 0.5) is 5.69 Å². The molecule has 4 aromatic heterocycles. The number of carbonyl (C=O) groups excluding carboxylic acids is 1. The van der Waals surface area contributed by atoms with Crippen LogP contribution in [-0.4, -0.2) is 29.8 Å². The van der Waals surface area contributed by atoms with Crippen molar-refractivity contribution in [3.8, 4) is 11.6 Å². The van der Waals surface area contributed by atoms with Crippen molar-refractivity contribution < 1.29 is 9.53 Å². The summed E-state index contributed by atoms with van der Waals surface area (Å²) in [6, 6.07) is 14.6. The van der Waals surface area contributed by atoms with E-state index in [9.17, 15) is 4.79 Å². The Labute approximate surface area is 184 Å². The van der Waals surface area contributed by atoms with Gasteiger partial charge < -0.3 is 14.5 Å². The van der Waals surface area contributed by atoms with Crippen molar-refractivity contribution in [2.24, 2.45) is 0 Å². The number of hydrogen-bond donors (Lipinski definition) is 1. The van der Waals surface area contributed by atoms with Crippen molar-refractivity contribution in [2.75, 3.05) is 5.32 Å². The highest BCUT2D eigenvalue weighted by Gasteiger charge is 2.08. The van der Waals surface area contributed by atoms with Crippen molar-refractivity contribution in [1.82, 2.24) is 23.9 Å². The minimum Gasteiger partial charge on any atom is -0.487 e. The van der Waals surface area contributed by atoms with E-state index in [1.165, 1.54) is 0 Å². The third-order valence-electron chi connectivity index (χ3n) is 5.01. The molecule has 1 amide bonds. The number of fused-ring (bicyclic) bond motifs is 1. The van der Waals surface area contributed by atoms with Crippen LogP contribution in [0.5, 0.6) is 5.75 Å². The lowest BCUT2D eigenvalue weighted by Gasteiger charge is -2.08. The molecule has 0 unspecified atom stereocenters. The van der Waals surface area contributed by atoms with E-state index in [0.29, 0.717) is 23.6 Å². The van der Waals surface area contributed by atoms with Crippen LogP contribution in [0.1, 0.15) is 21.6 Å². The van der Waals surface area contributed by atoms with Gasteiger partial charge in [-0.3, -0.25) is 9.36 Å². The van der Waals surface area contributed by atoms with Gasteiger partial charge in [0, 0.05) is 30.4 Å². The molecule has 32 heavy (non-hydrogen) atoms. The number of pyridine rings is 2. The third-order valence-corrected chi connectivity index (χ3v) is 5.01. The Morgan fingerprint density at radius 2 is 1.97 bits per heavy atom. The first-order valence-electron chi connectivity index (χ1n) is 10.1. The van der Waals surface area contributed by atoms with Gasteiger partial charge in [-0.2, -0.15) is 0 Å². The first-order chi connectivity index (χ1) is 15.7. The number of carbonyl (C=O) groups is 1. The molecule has 1 N–H and O–H groups in total. The lowest BCUT2D eigenvalue weighted by Crippen LogP contribution is -2.12. The topological polar surface area (TPSA) is 86.3 Å². The summed E-state index contributed by atoms with van der Waals surface area (Å²) in [6.45, 7) is 2.38. The van der Waals surface area contributed by atoms with Gasteiger partial charge in [0.1, 0.15) is 30.1 Å². The molecule has 0 fully saturated rings.